The van der Waals surface area contributed by atoms with Crippen LogP contribution in [0.3, 0.4) is 0 Å². The van der Waals surface area contributed by atoms with Crippen molar-refractivity contribution in [1.29, 1.82) is 0 Å². The van der Waals surface area contributed by atoms with Crippen LogP contribution in [-0.4, -0.2) is 23.3 Å². The second kappa shape index (κ2) is 6.10. The van der Waals surface area contributed by atoms with Gasteiger partial charge in [-0.05, 0) is 39.3 Å². The van der Waals surface area contributed by atoms with Crippen molar-refractivity contribution in [2.45, 2.75) is 27.7 Å². The number of nitrogens with zero attached hydrogens (tertiary/aromatic N) is 1. The van der Waals surface area contributed by atoms with E-state index in [2.05, 4.69) is 4.98 Å². The molecule has 4 nitrogen and oxygen atoms in total. The van der Waals surface area contributed by atoms with Gasteiger partial charge in [-0.2, -0.15) is 0 Å². The molecule has 0 aromatic carbocycles. The molecule has 0 atom stereocenters. The minimum atomic E-state index is -0.606. The zero-order chi connectivity index (χ0) is 13.7. The second-order valence-electron chi connectivity index (χ2n) is 3.85. The van der Waals surface area contributed by atoms with E-state index in [-0.39, 0.29) is 17.9 Å². The van der Waals surface area contributed by atoms with Crippen LogP contribution in [0.2, 0.25) is 0 Å². The fourth-order valence-corrected chi connectivity index (χ4v) is 1.45. The minimum absolute atomic E-state index is 0.0209. The maximum atomic E-state index is 12.1. The number of esters is 1. The number of aryl methyl sites for hydroxylation is 2. The molecule has 4 heteroatoms. The summed E-state index contributed by atoms with van der Waals surface area (Å²) in [5.41, 5.74) is 2.07. The molecule has 18 heavy (non-hydrogen) atoms. The van der Waals surface area contributed by atoms with Crippen molar-refractivity contribution < 1.29 is 14.3 Å². The Balaban J connectivity index is 3.05. The molecule has 0 bridgehead atoms. The second-order valence-corrected chi connectivity index (χ2v) is 3.85. The number of pyridine rings is 1. The Morgan fingerprint density at radius 3 is 2.50 bits per heavy atom. The molecule has 0 fully saturated rings. The van der Waals surface area contributed by atoms with Crippen LogP contribution >= 0.6 is 0 Å². The van der Waals surface area contributed by atoms with E-state index in [4.69, 9.17) is 4.74 Å². The highest BCUT2D eigenvalue weighted by molar-refractivity contribution is 6.23. The van der Waals surface area contributed by atoms with Gasteiger partial charge in [-0.3, -0.25) is 4.79 Å². The Labute approximate surface area is 107 Å². The summed E-state index contributed by atoms with van der Waals surface area (Å²) in [5.74, 6) is -1.01. The SMILES string of the molecule is CC=C(C(=O)OCC)C(=O)c1ccc(C)c(C)n1. The van der Waals surface area contributed by atoms with E-state index in [1.165, 1.54) is 6.08 Å². The molecule has 1 heterocycles. The average Bonchev–Trinajstić information content (AvgIpc) is 2.33. The summed E-state index contributed by atoms with van der Waals surface area (Å²) in [4.78, 5) is 27.9. The monoisotopic (exact) mass is 247 g/mol. The van der Waals surface area contributed by atoms with E-state index in [0.29, 0.717) is 0 Å². The van der Waals surface area contributed by atoms with Crippen molar-refractivity contribution in [3.63, 3.8) is 0 Å². The third-order valence-electron chi connectivity index (χ3n) is 2.61. The Hall–Kier alpha value is -1.97. The molecule has 0 spiro atoms. The molecule has 0 aliphatic rings. The first kappa shape index (κ1) is 14.1. The van der Waals surface area contributed by atoms with Crippen molar-refractivity contribution >= 4 is 11.8 Å². The Bertz CT molecular complexity index is 504. The molecular weight excluding hydrogens is 230 g/mol. The van der Waals surface area contributed by atoms with E-state index in [1.54, 1.807) is 19.9 Å². The van der Waals surface area contributed by atoms with Crippen molar-refractivity contribution in [3.05, 3.63) is 40.7 Å². The summed E-state index contributed by atoms with van der Waals surface area (Å²) in [6, 6.07) is 3.43. The molecule has 0 saturated carbocycles. The lowest BCUT2D eigenvalue weighted by Gasteiger charge is -2.06. The van der Waals surface area contributed by atoms with E-state index < -0.39 is 11.8 Å². The number of ketones is 1. The van der Waals surface area contributed by atoms with Crippen LogP contribution in [-0.2, 0) is 9.53 Å². The van der Waals surface area contributed by atoms with Crippen LogP contribution in [0.4, 0.5) is 0 Å². The van der Waals surface area contributed by atoms with Crippen molar-refractivity contribution in [1.82, 2.24) is 4.98 Å². The predicted octanol–water partition coefficient (Wildman–Crippen LogP) is 2.39. The number of allylic oxidation sites excluding steroid dienone is 1. The van der Waals surface area contributed by atoms with Crippen LogP contribution in [0.25, 0.3) is 0 Å². The maximum absolute atomic E-state index is 12.1. The third kappa shape index (κ3) is 3.03. The summed E-state index contributed by atoms with van der Waals surface area (Å²) >= 11 is 0. The van der Waals surface area contributed by atoms with Gasteiger partial charge in [0.2, 0.25) is 5.78 Å². The highest BCUT2D eigenvalue weighted by atomic mass is 16.5. The lowest BCUT2D eigenvalue weighted by atomic mass is 10.1. The molecule has 0 aliphatic heterocycles. The van der Waals surface area contributed by atoms with Crippen LogP contribution in [0, 0.1) is 13.8 Å². The number of hydrogen-bond donors (Lipinski definition) is 0. The van der Waals surface area contributed by atoms with Crippen molar-refractivity contribution in [2.24, 2.45) is 0 Å². The molecule has 1 aromatic rings. The first-order valence-corrected chi connectivity index (χ1v) is 5.83. The zero-order valence-corrected chi connectivity index (χ0v) is 11.1. The average molecular weight is 247 g/mol. The molecular formula is C14H17NO3. The van der Waals surface area contributed by atoms with Gasteiger partial charge in [-0.25, -0.2) is 9.78 Å². The van der Waals surface area contributed by atoms with E-state index in [1.807, 2.05) is 19.9 Å². The van der Waals surface area contributed by atoms with Gasteiger partial charge in [0, 0.05) is 5.69 Å². The quantitative estimate of drug-likeness (QED) is 0.269. The fraction of sp³-hybridized carbons (Fsp3) is 0.357. The summed E-state index contributed by atoms with van der Waals surface area (Å²) in [6.45, 7) is 7.31. The maximum Gasteiger partial charge on any atom is 0.341 e. The third-order valence-corrected chi connectivity index (χ3v) is 2.61. The molecule has 1 aromatic heterocycles. The summed E-state index contributed by atoms with van der Waals surface area (Å²) < 4.78 is 4.84. The summed E-state index contributed by atoms with van der Waals surface area (Å²) in [7, 11) is 0. The number of aromatic nitrogens is 1. The highest BCUT2D eigenvalue weighted by Crippen LogP contribution is 2.11. The van der Waals surface area contributed by atoms with Crippen molar-refractivity contribution in [3.8, 4) is 0 Å². The number of hydrogen-bond acceptors (Lipinski definition) is 4. The Kier molecular flexibility index (Phi) is 4.77. The van der Waals surface area contributed by atoms with Gasteiger partial charge in [0.05, 0.1) is 6.61 Å². The number of carbonyl (C=O) groups excluding carboxylic acids is 2. The van der Waals surface area contributed by atoms with E-state index in [9.17, 15) is 9.59 Å². The number of Topliss-reactive ketones (excluding diaryl/α,β-unsaturated/α-hetero) is 1. The van der Waals surface area contributed by atoms with Crippen LogP contribution < -0.4 is 0 Å². The van der Waals surface area contributed by atoms with Gasteiger partial charge in [0.1, 0.15) is 11.3 Å². The number of rotatable bonds is 4. The van der Waals surface area contributed by atoms with Gasteiger partial charge in [-0.15, -0.1) is 0 Å². The Morgan fingerprint density at radius 2 is 2.00 bits per heavy atom. The van der Waals surface area contributed by atoms with E-state index >= 15 is 0 Å². The standard InChI is InChI=1S/C14H17NO3/c1-5-11(14(17)18-6-2)13(16)12-8-7-9(3)10(4)15-12/h5,7-8H,6H2,1-4H3. The minimum Gasteiger partial charge on any atom is -0.462 e. The van der Waals surface area contributed by atoms with Gasteiger partial charge < -0.3 is 4.74 Å². The molecule has 0 aliphatic carbocycles. The van der Waals surface area contributed by atoms with Gasteiger partial charge >= 0.3 is 5.97 Å². The summed E-state index contributed by atoms with van der Waals surface area (Å²) in [5, 5.41) is 0. The predicted molar refractivity (Wildman–Crippen MR) is 68.4 cm³/mol. The first-order chi connectivity index (χ1) is 8.51. The molecule has 96 valence electrons. The molecule has 1 rings (SSSR count). The van der Waals surface area contributed by atoms with Crippen LogP contribution in [0.5, 0.6) is 0 Å². The number of carbonyl (C=O) groups is 2. The van der Waals surface area contributed by atoms with Crippen molar-refractivity contribution in [2.75, 3.05) is 6.61 Å². The van der Waals surface area contributed by atoms with Gasteiger partial charge in [-0.1, -0.05) is 12.1 Å². The van der Waals surface area contributed by atoms with Crippen LogP contribution in [0.1, 0.15) is 35.6 Å². The largest absolute Gasteiger partial charge is 0.462 e. The summed E-state index contributed by atoms with van der Waals surface area (Å²) in [6.07, 6.45) is 1.46. The molecule has 0 unspecified atom stereocenters. The first-order valence-electron chi connectivity index (χ1n) is 5.83. The topological polar surface area (TPSA) is 56.3 Å². The Morgan fingerprint density at radius 1 is 1.33 bits per heavy atom. The zero-order valence-electron chi connectivity index (χ0n) is 11.1. The molecule has 0 N–H and O–H groups in total. The number of ether oxygens (including phenoxy) is 1. The van der Waals surface area contributed by atoms with E-state index in [0.717, 1.165) is 11.3 Å². The highest BCUT2D eigenvalue weighted by Gasteiger charge is 2.21. The lowest BCUT2D eigenvalue weighted by molar-refractivity contribution is -0.138. The molecule has 0 radical (unpaired) electrons. The smallest absolute Gasteiger partial charge is 0.341 e. The molecule has 0 amide bonds. The van der Waals surface area contributed by atoms with Gasteiger partial charge in [0.15, 0.2) is 0 Å². The van der Waals surface area contributed by atoms with Crippen LogP contribution in [0.15, 0.2) is 23.8 Å². The fourth-order valence-electron chi connectivity index (χ4n) is 1.45. The van der Waals surface area contributed by atoms with Gasteiger partial charge in [0.25, 0.3) is 0 Å². The lowest BCUT2D eigenvalue weighted by Crippen LogP contribution is -2.17. The normalized spacial score (nSPS) is 11.2. The molecule has 0 saturated heterocycles.